The number of carbonyl (C=O) groups is 1. The second-order valence-electron chi connectivity index (χ2n) is 5.81. The zero-order valence-electron chi connectivity index (χ0n) is 15.9. The van der Waals surface area contributed by atoms with E-state index in [1.807, 2.05) is 6.92 Å². The minimum absolute atomic E-state index is 0.0823. The molecular formula is C21H19F2NO5. The number of hydrogen-bond donors (Lipinski definition) is 0. The van der Waals surface area contributed by atoms with Crippen molar-refractivity contribution in [2.45, 2.75) is 20.5 Å². The molecule has 1 heterocycles. The van der Waals surface area contributed by atoms with Crippen molar-refractivity contribution >= 4 is 17.9 Å². The first kappa shape index (κ1) is 20.3. The number of alkyl halides is 2. The van der Waals surface area contributed by atoms with Crippen molar-refractivity contribution in [3.63, 3.8) is 0 Å². The Morgan fingerprint density at radius 1 is 1.03 bits per heavy atom. The molecule has 0 saturated heterocycles. The molecule has 0 spiro atoms. The highest BCUT2D eigenvalue weighted by atomic mass is 19.3. The summed E-state index contributed by atoms with van der Waals surface area (Å²) in [5.74, 6) is 0.319. The highest BCUT2D eigenvalue weighted by molar-refractivity contribution is 6.12. The van der Waals surface area contributed by atoms with E-state index in [-0.39, 0.29) is 29.7 Å². The molecule has 8 heteroatoms. The number of carbonyl (C=O) groups excluding carboxylic acids is 1. The Morgan fingerprint density at radius 3 is 2.41 bits per heavy atom. The van der Waals surface area contributed by atoms with E-state index >= 15 is 0 Å². The van der Waals surface area contributed by atoms with Crippen LogP contribution < -0.4 is 14.2 Å². The van der Waals surface area contributed by atoms with Crippen molar-refractivity contribution in [1.82, 2.24) is 0 Å². The molecule has 0 bridgehead atoms. The van der Waals surface area contributed by atoms with Crippen molar-refractivity contribution < 1.29 is 32.5 Å². The first-order valence-corrected chi connectivity index (χ1v) is 8.97. The summed E-state index contributed by atoms with van der Waals surface area (Å²) in [5, 5.41) is 0. The first-order chi connectivity index (χ1) is 14.0. The molecule has 3 rings (SSSR count). The Labute approximate surface area is 166 Å². The Kier molecular flexibility index (Phi) is 6.43. The number of aliphatic imine (C=N–C) groups is 1. The fourth-order valence-corrected chi connectivity index (χ4v) is 2.63. The smallest absolute Gasteiger partial charge is 0.387 e. The van der Waals surface area contributed by atoms with Crippen LogP contribution in [0.3, 0.4) is 0 Å². The third-order valence-electron chi connectivity index (χ3n) is 3.82. The molecule has 1 aliphatic heterocycles. The van der Waals surface area contributed by atoms with Gasteiger partial charge >= 0.3 is 12.6 Å². The van der Waals surface area contributed by atoms with Gasteiger partial charge in [-0.15, -0.1) is 0 Å². The monoisotopic (exact) mass is 403 g/mol. The zero-order valence-corrected chi connectivity index (χ0v) is 15.9. The summed E-state index contributed by atoms with van der Waals surface area (Å²) in [6.45, 7) is 1.45. The molecule has 0 fully saturated rings. The van der Waals surface area contributed by atoms with Gasteiger partial charge in [-0.3, -0.25) is 0 Å². The van der Waals surface area contributed by atoms with E-state index in [2.05, 4.69) is 9.73 Å². The van der Waals surface area contributed by atoms with Crippen LogP contribution in [0.4, 0.5) is 8.78 Å². The molecule has 0 atom stereocenters. The van der Waals surface area contributed by atoms with Crippen LogP contribution in [-0.2, 0) is 9.53 Å². The molecule has 2 aromatic carbocycles. The van der Waals surface area contributed by atoms with Crippen LogP contribution in [0.2, 0.25) is 0 Å². The van der Waals surface area contributed by atoms with Gasteiger partial charge < -0.3 is 18.9 Å². The number of ether oxygens (including phenoxy) is 4. The number of rotatable bonds is 8. The van der Waals surface area contributed by atoms with Gasteiger partial charge in [-0.1, -0.05) is 6.07 Å². The van der Waals surface area contributed by atoms with Gasteiger partial charge in [-0.25, -0.2) is 9.79 Å². The van der Waals surface area contributed by atoms with Gasteiger partial charge in [0, 0.05) is 5.56 Å². The van der Waals surface area contributed by atoms with E-state index in [1.54, 1.807) is 31.2 Å². The van der Waals surface area contributed by atoms with Crippen LogP contribution in [0.15, 0.2) is 53.2 Å². The second kappa shape index (κ2) is 9.18. The maximum atomic E-state index is 12.5. The molecule has 29 heavy (non-hydrogen) atoms. The van der Waals surface area contributed by atoms with Crippen LogP contribution in [-0.4, -0.2) is 31.7 Å². The van der Waals surface area contributed by atoms with E-state index < -0.39 is 12.6 Å². The van der Waals surface area contributed by atoms with Gasteiger partial charge in [-0.05, 0) is 61.9 Å². The number of halogens is 2. The third kappa shape index (κ3) is 5.10. The van der Waals surface area contributed by atoms with Crippen molar-refractivity contribution in [3.8, 4) is 17.2 Å². The zero-order chi connectivity index (χ0) is 20.8. The maximum absolute atomic E-state index is 12.5. The van der Waals surface area contributed by atoms with Gasteiger partial charge in [0.25, 0.3) is 0 Å². The molecule has 0 aliphatic carbocycles. The minimum atomic E-state index is -2.97. The minimum Gasteiger partial charge on any atom is -0.494 e. The fourth-order valence-electron chi connectivity index (χ4n) is 2.63. The predicted molar refractivity (Wildman–Crippen MR) is 102 cm³/mol. The third-order valence-corrected chi connectivity index (χ3v) is 3.82. The fraction of sp³-hybridized carbons (Fsp3) is 0.238. The quantitative estimate of drug-likeness (QED) is 0.482. The van der Waals surface area contributed by atoms with Crippen molar-refractivity contribution in [2.24, 2.45) is 4.99 Å². The molecule has 0 amide bonds. The molecule has 0 radical (unpaired) electrons. The van der Waals surface area contributed by atoms with Crippen LogP contribution in [0.25, 0.3) is 6.08 Å². The molecule has 6 nitrogen and oxygen atoms in total. The Balaban J connectivity index is 1.85. The SMILES string of the molecule is CCOc1ccc(C2=N/C(=C\c3ccc(OC(F)F)c(OCC)c3)C(=O)O2)cc1. The molecule has 0 aromatic heterocycles. The van der Waals surface area contributed by atoms with Gasteiger partial charge in [0.15, 0.2) is 17.2 Å². The second-order valence-corrected chi connectivity index (χ2v) is 5.81. The Morgan fingerprint density at radius 2 is 1.76 bits per heavy atom. The molecule has 1 aliphatic rings. The normalized spacial score (nSPS) is 14.7. The highest BCUT2D eigenvalue weighted by Gasteiger charge is 2.24. The molecule has 0 N–H and O–H groups in total. The standard InChI is InChI=1S/C21H19F2NO5/c1-3-26-15-8-6-14(7-9-15)19-24-16(20(25)29-19)11-13-5-10-17(28-21(22)23)18(12-13)27-4-2/h5-12,21H,3-4H2,1-2H3/b16-11-. The van der Waals surface area contributed by atoms with E-state index in [1.165, 1.54) is 24.3 Å². The van der Waals surface area contributed by atoms with Gasteiger partial charge in [-0.2, -0.15) is 8.78 Å². The lowest BCUT2D eigenvalue weighted by Crippen LogP contribution is -2.05. The summed E-state index contributed by atoms with van der Waals surface area (Å²) in [7, 11) is 0. The Hall–Kier alpha value is -3.42. The average Bonchev–Trinajstić information content (AvgIpc) is 3.05. The lowest BCUT2D eigenvalue weighted by molar-refractivity contribution is -0.129. The lowest BCUT2D eigenvalue weighted by Gasteiger charge is -2.11. The summed E-state index contributed by atoms with van der Waals surface area (Å²) >= 11 is 0. The summed E-state index contributed by atoms with van der Waals surface area (Å²) < 4.78 is 45.4. The lowest BCUT2D eigenvalue weighted by atomic mass is 10.1. The van der Waals surface area contributed by atoms with Gasteiger partial charge in [0.05, 0.1) is 13.2 Å². The van der Waals surface area contributed by atoms with E-state index in [4.69, 9.17) is 14.2 Å². The molecular weight excluding hydrogens is 384 g/mol. The predicted octanol–water partition coefficient (Wildman–Crippen LogP) is 4.43. The number of benzene rings is 2. The van der Waals surface area contributed by atoms with Gasteiger partial charge in [0.1, 0.15) is 5.75 Å². The van der Waals surface area contributed by atoms with Crippen LogP contribution >= 0.6 is 0 Å². The van der Waals surface area contributed by atoms with Crippen LogP contribution in [0, 0.1) is 0 Å². The number of cyclic esters (lactones) is 1. The first-order valence-electron chi connectivity index (χ1n) is 8.97. The number of nitrogens with zero attached hydrogens (tertiary/aromatic N) is 1. The molecule has 0 saturated carbocycles. The van der Waals surface area contributed by atoms with Gasteiger partial charge in [0.2, 0.25) is 5.90 Å². The molecule has 152 valence electrons. The average molecular weight is 403 g/mol. The summed E-state index contributed by atoms with van der Waals surface area (Å²) in [6.07, 6.45) is 1.48. The van der Waals surface area contributed by atoms with Crippen LogP contribution in [0.1, 0.15) is 25.0 Å². The molecule has 2 aromatic rings. The number of hydrogen-bond acceptors (Lipinski definition) is 6. The summed E-state index contributed by atoms with van der Waals surface area (Å²) in [4.78, 5) is 16.4. The summed E-state index contributed by atoms with van der Waals surface area (Å²) in [6, 6.07) is 11.4. The largest absolute Gasteiger partial charge is 0.494 e. The van der Waals surface area contributed by atoms with E-state index in [0.29, 0.717) is 23.5 Å². The summed E-state index contributed by atoms with van der Waals surface area (Å²) in [5.41, 5.74) is 1.23. The highest BCUT2D eigenvalue weighted by Crippen LogP contribution is 2.31. The van der Waals surface area contributed by atoms with Crippen molar-refractivity contribution in [2.75, 3.05) is 13.2 Å². The Bertz CT molecular complexity index is 939. The topological polar surface area (TPSA) is 66.3 Å². The number of esters is 1. The van der Waals surface area contributed by atoms with E-state index in [0.717, 1.165) is 0 Å². The van der Waals surface area contributed by atoms with Crippen molar-refractivity contribution in [3.05, 3.63) is 59.3 Å². The van der Waals surface area contributed by atoms with Crippen molar-refractivity contribution in [1.29, 1.82) is 0 Å². The maximum Gasteiger partial charge on any atom is 0.387 e. The molecule has 0 unspecified atom stereocenters. The van der Waals surface area contributed by atoms with E-state index in [9.17, 15) is 13.6 Å². The van der Waals surface area contributed by atoms with Crippen LogP contribution in [0.5, 0.6) is 17.2 Å².